The van der Waals surface area contributed by atoms with E-state index in [1.807, 2.05) is 0 Å². The fourth-order valence-corrected chi connectivity index (χ4v) is 3.39. The summed E-state index contributed by atoms with van der Waals surface area (Å²) in [5.74, 6) is -1.40. The topological polar surface area (TPSA) is 162 Å². The van der Waals surface area contributed by atoms with E-state index < -0.39 is 27.7 Å². The second kappa shape index (κ2) is 9.85. The number of anilines is 1. The zero-order valence-electron chi connectivity index (χ0n) is 18.3. The number of carbonyl (C=O) groups is 3. The second-order valence-corrected chi connectivity index (χ2v) is 7.52. The number of rotatable bonds is 7. The van der Waals surface area contributed by atoms with Crippen LogP contribution in [0.3, 0.4) is 0 Å². The lowest BCUT2D eigenvalue weighted by molar-refractivity contribution is -0.385. The monoisotopic (exact) mass is 488 g/mol. The first-order valence-electron chi connectivity index (χ1n) is 10.3. The molecule has 0 bridgehead atoms. The van der Waals surface area contributed by atoms with E-state index >= 15 is 0 Å². The first-order valence-corrected chi connectivity index (χ1v) is 10.3. The molecule has 1 saturated heterocycles. The molecular weight excluding hydrogens is 472 g/mol. The molecule has 180 valence electrons. The summed E-state index contributed by atoms with van der Waals surface area (Å²) in [6.07, 6.45) is 1.28. The van der Waals surface area contributed by atoms with Gasteiger partial charge in [-0.2, -0.15) is 0 Å². The molecule has 0 saturated carbocycles. The van der Waals surface area contributed by atoms with Crippen molar-refractivity contribution >= 4 is 41.0 Å². The van der Waals surface area contributed by atoms with Crippen LogP contribution in [0.1, 0.15) is 11.1 Å². The number of hydrogen-bond donors (Lipinski definition) is 1. The highest BCUT2D eigenvalue weighted by Crippen LogP contribution is 2.26. The molecular formula is C24H16N4O8. The fraction of sp³-hybridized carbons (Fsp3) is 0.0417. The van der Waals surface area contributed by atoms with Gasteiger partial charge < -0.3 is 4.74 Å². The minimum Gasteiger partial charge on any atom is -0.489 e. The van der Waals surface area contributed by atoms with Crippen LogP contribution < -0.4 is 15.0 Å². The van der Waals surface area contributed by atoms with Crippen molar-refractivity contribution < 1.29 is 29.0 Å². The Morgan fingerprint density at radius 3 is 2.17 bits per heavy atom. The molecule has 4 rings (SSSR count). The van der Waals surface area contributed by atoms with Gasteiger partial charge in [0, 0.05) is 24.3 Å². The first-order chi connectivity index (χ1) is 17.2. The Hall–Kier alpha value is -5.39. The van der Waals surface area contributed by atoms with Crippen LogP contribution in [0, 0.1) is 20.2 Å². The minimum absolute atomic E-state index is 0.0499. The van der Waals surface area contributed by atoms with Crippen LogP contribution in [-0.4, -0.2) is 27.7 Å². The predicted molar refractivity (Wildman–Crippen MR) is 126 cm³/mol. The van der Waals surface area contributed by atoms with Gasteiger partial charge in [-0.1, -0.05) is 30.3 Å². The van der Waals surface area contributed by atoms with E-state index in [1.165, 1.54) is 36.4 Å². The number of amides is 4. The maximum absolute atomic E-state index is 13.0. The Balaban J connectivity index is 1.51. The second-order valence-electron chi connectivity index (χ2n) is 7.52. The van der Waals surface area contributed by atoms with Gasteiger partial charge in [0.2, 0.25) is 0 Å². The first kappa shape index (κ1) is 23.8. The van der Waals surface area contributed by atoms with Gasteiger partial charge in [-0.15, -0.1) is 0 Å². The number of urea groups is 1. The number of benzene rings is 3. The predicted octanol–water partition coefficient (Wildman–Crippen LogP) is 3.75. The summed E-state index contributed by atoms with van der Waals surface area (Å²) in [6, 6.07) is 16.2. The summed E-state index contributed by atoms with van der Waals surface area (Å²) in [6.45, 7) is 0.0866. The lowest BCUT2D eigenvalue weighted by atomic mass is 10.1. The third-order valence-electron chi connectivity index (χ3n) is 5.12. The minimum atomic E-state index is -1.02. The largest absolute Gasteiger partial charge is 0.489 e. The van der Waals surface area contributed by atoms with Crippen molar-refractivity contribution in [3.05, 3.63) is 110 Å². The summed E-state index contributed by atoms with van der Waals surface area (Å²) in [5, 5.41) is 24.0. The van der Waals surface area contributed by atoms with Crippen molar-refractivity contribution in [3.63, 3.8) is 0 Å². The van der Waals surface area contributed by atoms with Gasteiger partial charge in [0.05, 0.1) is 15.5 Å². The number of nitro benzene ring substituents is 2. The number of carbonyl (C=O) groups excluding carboxylic acids is 3. The van der Waals surface area contributed by atoms with E-state index in [2.05, 4.69) is 5.32 Å². The van der Waals surface area contributed by atoms with E-state index in [1.54, 1.807) is 36.4 Å². The van der Waals surface area contributed by atoms with Crippen molar-refractivity contribution in [1.82, 2.24) is 5.32 Å². The molecule has 0 aliphatic carbocycles. The Morgan fingerprint density at radius 1 is 0.861 bits per heavy atom. The van der Waals surface area contributed by atoms with Crippen LogP contribution in [0.25, 0.3) is 6.08 Å². The van der Waals surface area contributed by atoms with Crippen LogP contribution in [-0.2, 0) is 16.2 Å². The molecule has 1 N–H and O–H groups in total. The Bertz CT molecular complexity index is 1430. The Morgan fingerprint density at radius 2 is 1.50 bits per heavy atom. The molecule has 1 heterocycles. The van der Waals surface area contributed by atoms with Crippen LogP contribution in [0.2, 0.25) is 0 Å². The number of nitrogens with zero attached hydrogens (tertiary/aromatic N) is 3. The number of nitro groups is 2. The summed E-state index contributed by atoms with van der Waals surface area (Å²) in [4.78, 5) is 59.1. The average molecular weight is 488 g/mol. The Kier molecular flexibility index (Phi) is 6.50. The van der Waals surface area contributed by atoms with Crippen molar-refractivity contribution in [2.45, 2.75) is 6.61 Å². The molecule has 4 amide bonds. The smallest absolute Gasteiger partial charge is 0.335 e. The van der Waals surface area contributed by atoms with Crippen molar-refractivity contribution in [2.75, 3.05) is 4.90 Å². The molecule has 0 spiro atoms. The van der Waals surface area contributed by atoms with E-state index in [4.69, 9.17) is 4.74 Å². The summed E-state index contributed by atoms with van der Waals surface area (Å²) in [7, 11) is 0. The van der Waals surface area contributed by atoms with Crippen LogP contribution in [0.5, 0.6) is 5.75 Å². The lowest BCUT2D eigenvalue weighted by Gasteiger charge is -2.26. The van der Waals surface area contributed by atoms with Gasteiger partial charge in [0.15, 0.2) is 0 Å². The molecule has 36 heavy (non-hydrogen) atoms. The number of barbiturate groups is 1. The van der Waals surface area contributed by atoms with Crippen molar-refractivity contribution in [1.29, 1.82) is 0 Å². The van der Waals surface area contributed by atoms with E-state index in [9.17, 15) is 34.6 Å². The summed E-state index contributed by atoms with van der Waals surface area (Å²) < 4.78 is 5.64. The number of ether oxygens (including phenoxy) is 1. The highest BCUT2D eigenvalue weighted by atomic mass is 16.6. The zero-order chi connectivity index (χ0) is 25.8. The average Bonchev–Trinajstić information content (AvgIpc) is 2.86. The SMILES string of the molecule is O=C1NC(=O)N(c2cccc([N+](=O)[O-])c2)C(=O)/C1=C/c1ccc(OCc2cccc([N+](=O)[O-])c2)cc1. The molecule has 1 aliphatic rings. The molecule has 0 radical (unpaired) electrons. The number of imide groups is 2. The van der Waals surface area contributed by atoms with Gasteiger partial charge in [0.1, 0.15) is 17.9 Å². The van der Waals surface area contributed by atoms with E-state index in [0.717, 1.165) is 6.07 Å². The molecule has 3 aromatic rings. The third kappa shape index (κ3) is 5.07. The number of nitrogens with one attached hydrogen (secondary N) is 1. The maximum atomic E-state index is 13.0. The lowest BCUT2D eigenvalue weighted by Crippen LogP contribution is -2.54. The molecule has 0 aromatic heterocycles. The van der Waals surface area contributed by atoms with Gasteiger partial charge in [-0.25, -0.2) is 9.69 Å². The van der Waals surface area contributed by atoms with E-state index in [0.29, 0.717) is 21.8 Å². The van der Waals surface area contributed by atoms with Gasteiger partial charge in [0.25, 0.3) is 23.2 Å². The number of non-ortho nitro benzene ring substituents is 2. The molecule has 12 heteroatoms. The summed E-state index contributed by atoms with van der Waals surface area (Å²) in [5.41, 5.74) is 0.277. The van der Waals surface area contributed by atoms with Crippen LogP contribution in [0.15, 0.2) is 78.4 Å². The van der Waals surface area contributed by atoms with Crippen LogP contribution in [0.4, 0.5) is 21.9 Å². The molecule has 12 nitrogen and oxygen atoms in total. The highest BCUT2D eigenvalue weighted by molar-refractivity contribution is 6.39. The molecule has 1 aliphatic heterocycles. The van der Waals surface area contributed by atoms with Gasteiger partial charge >= 0.3 is 6.03 Å². The zero-order valence-corrected chi connectivity index (χ0v) is 18.3. The van der Waals surface area contributed by atoms with Crippen LogP contribution >= 0.6 is 0 Å². The van der Waals surface area contributed by atoms with Crippen molar-refractivity contribution in [2.24, 2.45) is 0 Å². The Labute approximate surface area is 202 Å². The molecule has 0 unspecified atom stereocenters. The molecule has 0 atom stereocenters. The molecule has 3 aromatic carbocycles. The third-order valence-corrected chi connectivity index (χ3v) is 5.12. The van der Waals surface area contributed by atoms with Gasteiger partial charge in [-0.3, -0.25) is 35.1 Å². The normalized spacial score (nSPS) is 14.5. The van der Waals surface area contributed by atoms with Gasteiger partial charge in [-0.05, 0) is 35.4 Å². The highest BCUT2D eigenvalue weighted by Gasteiger charge is 2.37. The molecule has 1 fully saturated rings. The quantitative estimate of drug-likeness (QED) is 0.227. The number of hydrogen-bond acceptors (Lipinski definition) is 8. The fourth-order valence-electron chi connectivity index (χ4n) is 3.39. The summed E-state index contributed by atoms with van der Waals surface area (Å²) >= 11 is 0. The standard InChI is InChI=1S/C24H16N4O8/c29-22-21(23(30)26(24(31)25-22)17-4-2-6-19(13-17)28(34)35)12-15-7-9-20(10-8-15)36-14-16-3-1-5-18(11-16)27(32)33/h1-13H,14H2,(H,25,29,31)/b21-12+. The van der Waals surface area contributed by atoms with E-state index in [-0.39, 0.29) is 29.2 Å². The maximum Gasteiger partial charge on any atom is 0.335 e. The van der Waals surface area contributed by atoms with Crippen molar-refractivity contribution in [3.8, 4) is 5.75 Å².